The molecule has 0 saturated carbocycles. The highest BCUT2D eigenvalue weighted by molar-refractivity contribution is 7.61. The molecule has 0 spiro atoms. The summed E-state index contributed by atoms with van der Waals surface area (Å²) in [5.74, 6) is 0. The van der Waals surface area contributed by atoms with Gasteiger partial charge in [0.25, 0.3) is 0 Å². The Morgan fingerprint density at radius 1 is 1.18 bits per heavy atom. The third-order valence-corrected chi connectivity index (χ3v) is 4.91. The van der Waals surface area contributed by atoms with E-state index in [9.17, 15) is 9.13 Å². The van der Waals surface area contributed by atoms with Crippen LogP contribution in [0.25, 0.3) is 0 Å². The SMILES string of the molecule is COP(=O)(O)OP(=O)(OC)ON1CCNCC1. The van der Waals surface area contributed by atoms with Crippen molar-refractivity contribution < 1.29 is 32.0 Å². The van der Waals surface area contributed by atoms with Gasteiger partial charge < -0.3 is 10.2 Å². The molecule has 1 aliphatic heterocycles. The van der Waals surface area contributed by atoms with E-state index < -0.39 is 15.6 Å². The number of hydroxylamine groups is 2. The monoisotopic (exact) mass is 290 g/mol. The van der Waals surface area contributed by atoms with Crippen molar-refractivity contribution in [3.8, 4) is 0 Å². The summed E-state index contributed by atoms with van der Waals surface area (Å²) in [4.78, 5) is 9.07. The molecule has 11 heteroatoms. The molecule has 1 heterocycles. The summed E-state index contributed by atoms with van der Waals surface area (Å²) in [5.41, 5.74) is 0. The zero-order valence-electron chi connectivity index (χ0n) is 9.57. The molecule has 0 aromatic heterocycles. The van der Waals surface area contributed by atoms with Crippen LogP contribution in [0.15, 0.2) is 0 Å². The highest BCUT2D eigenvalue weighted by Gasteiger charge is 2.39. The first-order valence-corrected chi connectivity index (χ1v) is 7.77. The van der Waals surface area contributed by atoms with Crippen molar-refractivity contribution in [3.63, 3.8) is 0 Å². The topological polar surface area (TPSA) is 107 Å². The van der Waals surface area contributed by atoms with Crippen LogP contribution in [0.2, 0.25) is 0 Å². The third-order valence-electron chi connectivity index (χ3n) is 1.95. The van der Waals surface area contributed by atoms with Gasteiger partial charge in [-0.1, -0.05) is 0 Å². The van der Waals surface area contributed by atoms with E-state index in [1.165, 1.54) is 5.06 Å². The van der Waals surface area contributed by atoms with Gasteiger partial charge in [0.05, 0.1) is 0 Å². The van der Waals surface area contributed by atoms with Crippen LogP contribution in [0, 0.1) is 0 Å². The molecular formula is C6H16N2O7P2. The molecule has 2 unspecified atom stereocenters. The highest BCUT2D eigenvalue weighted by Crippen LogP contribution is 2.63. The lowest BCUT2D eigenvalue weighted by Crippen LogP contribution is -2.42. The molecule has 0 amide bonds. The molecule has 1 aliphatic rings. The molecule has 102 valence electrons. The van der Waals surface area contributed by atoms with Crippen LogP contribution in [0.5, 0.6) is 0 Å². The van der Waals surface area contributed by atoms with E-state index in [1.54, 1.807) is 0 Å². The first kappa shape index (κ1) is 15.2. The molecule has 1 saturated heterocycles. The van der Waals surface area contributed by atoms with Crippen molar-refractivity contribution in [1.82, 2.24) is 10.4 Å². The van der Waals surface area contributed by atoms with Gasteiger partial charge in [-0.15, -0.1) is 0 Å². The fraction of sp³-hybridized carbons (Fsp3) is 1.00. The molecule has 9 nitrogen and oxygen atoms in total. The Balaban J connectivity index is 2.61. The maximum absolute atomic E-state index is 11.9. The van der Waals surface area contributed by atoms with Crippen LogP contribution in [-0.2, 0) is 27.1 Å². The van der Waals surface area contributed by atoms with Crippen LogP contribution in [0.4, 0.5) is 0 Å². The molecule has 1 rings (SSSR count). The highest BCUT2D eigenvalue weighted by atomic mass is 31.3. The molecule has 17 heavy (non-hydrogen) atoms. The molecule has 0 aromatic rings. The Labute approximate surface area is 99.2 Å². The smallest absolute Gasteiger partial charge is 0.314 e. The maximum Gasteiger partial charge on any atom is 0.500 e. The second-order valence-corrected chi connectivity index (χ2v) is 6.50. The normalized spacial score (nSPS) is 25.1. The minimum absolute atomic E-state index is 0.458. The summed E-state index contributed by atoms with van der Waals surface area (Å²) in [6, 6.07) is 0. The summed E-state index contributed by atoms with van der Waals surface area (Å²) in [5, 5.41) is 4.40. The van der Waals surface area contributed by atoms with Crippen molar-refractivity contribution in [3.05, 3.63) is 0 Å². The van der Waals surface area contributed by atoms with Gasteiger partial charge in [0.2, 0.25) is 0 Å². The Morgan fingerprint density at radius 3 is 2.24 bits per heavy atom. The molecule has 2 atom stereocenters. The Hall–Kier alpha value is 0.180. The van der Waals surface area contributed by atoms with Crippen molar-refractivity contribution in [2.45, 2.75) is 0 Å². The Morgan fingerprint density at radius 2 is 1.76 bits per heavy atom. The number of nitrogens with zero attached hydrogens (tertiary/aromatic N) is 1. The molecule has 2 N–H and O–H groups in total. The summed E-state index contributed by atoms with van der Waals surface area (Å²) in [7, 11) is -6.58. The van der Waals surface area contributed by atoms with Crippen molar-refractivity contribution >= 4 is 15.6 Å². The van der Waals surface area contributed by atoms with Crippen LogP contribution in [-0.4, -0.2) is 50.4 Å². The number of phosphoric acid groups is 2. The number of nitrogens with one attached hydrogen (secondary N) is 1. The van der Waals surface area contributed by atoms with Gasteiger partial charge in [-0.2, -0.15) is 14.0 Å². The van der Waals surface area contributed by atoms with Crippen LogP contribution >= 0.6 is 15.6 Å². The zero-order valence-corrected chi connectivity index (χ0v) is 11.4. The lowest BCUT2D eigenvalue weighted by molar-refractivity contribution is -0.0900. The van der Waals surface area contributed by atoms with Gasteiger partial charge in [0, 0.05) is 40.4 Å². The van der Waals surface area contributed by atoms with Gasteiger partial charge in [0.1, 0.15) is 0 Å². The third kappa shape index (κ3) is 5.13. The number of rotatable bonds is 6. The number of piperazine rings is 1. The fourth-order valence-electron chi connectivity index (χ4n) is 1.11. The number of hydrogen-bond donors (Lipinski definition) is 2. The average molecular weight is 290 g/mol. The summed E-state index contributed by atoms with van der Waals surface area (Å²) < 4.78 is 41.0. The predicted molar refractivity (Wildman–Crippen MR) is 58.1 cm³/mol. The summed E-state index contributed by atoms with van der Waals surface area (Å²) in [6.45, 7) is 2.20. The van der Waals surface area contributed by atoms with Gasteiger partial charge >= 0.3 is 15.6 Å². The zero-order chi connectivity index (χ0) is 12.9. The quantitative estimate of drug-likeness (QED) is 0.669. The second-order valence-electron chi connectivity index (χ2n) is 3.12. The van der Waals surface area contributed by atoms with E-state index in [2.05, 4.69) is 18.7 Å². The molecule has 1 fully saturated rings. The fourth-order valence-corrected chi connectivity index (χ4v) is 3.29. The standard InChI is InChI=1S/C6H16N2O7P2/c1-12-16(9,10)15-17(11,13-2)14-8-5-3-7-4-6-8/h7H,3-6H2,1-2H3,(H,9,10). The molecule has 0 aliphatic carbocycles. The largest absolute Gasteiger partial charge is 0.500 e. The molecule has 0 bridgehead atoms. The second kappa shape index (κ2) is 6.38. The van der Waals surface area contributed by atoms with Gasteiger partial charge in [-0.25, -0.2) is 9.13 Å². The van der Waals surface area contributed by atoms with Gasteiger partial charge in [-0.05, 0) is 0 Å². The number of phosphoric ester groups is 1. The van der Waals surface area contributed by atoms with Crippen LogP contribution in [0.1, 0.15) is 0 Å². The first-order valence-electron chi connectivity index (χ1n) is 4.82. The molecule has 0 aromatic carbocycles. The van der Waals surface area contributed by atoms with Gasteiger partial charge in [-0.3, -0.25) is 9.05 Å². The van der Waals surface area contributed by atoms with E-state index in [0.29, 0.717) is 26.2 Å². The van der Waals surface area contributed by atoms with Crippen LogP contribution in [0.3, 0.4) is 0 Å². The first-order chi connectivity index (χ1) is 7.91. The van der Waals surface area contributed by atoms with Crippen molar-refractivity contribution in [2.75, 3.05) is 40.4 Å². The lowest BCUT2D eigenvalue weighted by atomic mass is 10.4. The number of hydrogen-bond acceptors (Lipinski definition) is 8. The Kier molecular flexibility index (Phi) is 5.72. The average Bonchev–Trinajstić information content (AvgIpc) is 2.29. The molecule has 0 radical (unpaired) electrons. The minimum Gasteiger partial charge on any atom is -0.314 e. The van der Waals surface area contributed by atoms with E-state index >= 15 is 0 Å². The minimum atomic E-state index is -4.43. The molecular weight excluding hydrogens is 274 g/mol. The van der Waals surface area contributed by atoms with Crippen molar-refractivity contribution in [1.29, 1.82) is 0 Å². The van der Waals surface area contributed by atoms with Crippen LogP contribution < -0.4 is 5.32 Å². The Bertz CT molecular complexity index is 332. The van der Waals surface area contributed by atoms with E-state index in [4.69, 9.17) is 9.52 Å². The predicted octanol–water partition coefficient (Wildman–Crippen LogP) is 0.341. The summed E-state index contributed by atoms with van der Waals surface area (Å²) in [6.07, 6.45) is 0. The maximum atomic E-state index is 11.9. The lowest BCUT2D eigenvalue weighted by Gasteiger charge is -2.28. The van der Waals surface area contributed by atoms with Crippen molar-refractivity contribution in [2.24, 2.45) is 0 Å². The summed E-state index contributed by atoms with van der Waals surface area (Å²) >= 11 is 0. The van der Waals surface area contributed by atoms with E-state index in [0.717, 1.165) is 14.2 Å². The van der Waals surface area contributed by atoms with E-state index in [-0.39, 0.29) is 0 Å². The van der Waals surface area contributed by atoms with E-state index in [1.807, 2.05) is 0 Å². The van der Waals surface area contributed by atoms with Gasteiger partial charge in [0.15, 0.2) is 0 Å².